The number of hydrogen-bond acceptors (Lipinski definition) is 1. The van der Waals surface area contributed by atoms with E-state index in [1.54, 1.807) is 0 Å². The highest BCUT2D eigenvalue weighted by atomic mass is 14.9. The van der Waals surface area contributed by atoms with E-state index >= 15 is 0 Å². The fourth-order valence-electron chi connectivity index (χ4n) is 2.48. The molecule has 18 heavy (non-hydrogen) atoms. The molecular formula is C17H25N. The molecule has 98 valence electrons. The Morgan fingerprint density at radius 2 is 1.94 bits per heavy atom. The molecule has 1 nitrogen and oxygen atoms in total. The van der Waals surface area contributed by atoms with E-state index in [0.717, 1.165) is 19.0 Å². The molecule has 1 heteroatoms. The Morgan fingerprint density at radius 3 is 2.56 bits per heavy atom. The smallest absolute Gasteiger partial charge is 0.0205 e. The third kappa shape index (κ3) is 3.99. The Balaban J connectivity index is 1.74. The van der Waals surface area contributed by atoms with E-state index in [0.29, 0.717) is 5.92 Å². The van der Waals surface area contributed by atoms with Gasteiger partial charge in [0.1, 0.15) is 0 Å². The summed E-state index contributed by atoms with van der Waals surface area (Å²) in [7, 11) is 0. The van der Waals surface area contributed by atoms with E-state index in [4.69, 9.17) is 0 Å². The summed E-state index contributed by atoms with van der Waals surface area (Å²) in [6.07, 6.45) is 8.49. The second kappa shape index (κ2) is 6.75. The molecule has 0 heterocycles. The van der Waals surface area contributed by atoms with Crippen molar-refractivity contribution < 1.29 is 0 Å². The van der Waals surface area contributed by atoms with Crippen molar-refractivity contribution in [3.63, 3.8) is 0 Å². The minimum atomic E-state index is 0.626. The third-order valence-corrected chi connectivity index (χ3v) is 3.79. The lowest BCUT2D eigenvalue weighted by atomic mass is 9.94. The standard InChI is InChI=1S/C17H25N/c1-14(2)17-10-8-16(9-11-17)13-18-12-15-6-4-3-5-7-15/h3-4,8-11,14-15,18H,5-7,12-13H2,1-2H3. The van der Waals surface area contributed by atoms with Gasteiger partial charge in [-0.15, -0.1) is 0 Å². The van der Waals surface area contributed by atoms with Gasteiger partial charge in [-0.3, -0.25) is 0 Å². The number of rotatable bonds is 5. The van der Waals surface area contributed by atoms with Crippen LogP contribution in [0.25, 0.3) is 0 Å². The van der Waals surface area contributed by atoms with Crippen LogP contribution in [-0.4, -0.2) is 6.54 Å². The molecule has 0 aromatic heterocycles. The highest BCUT2D eigenvalue weighted by molar-refractivity contribution is 5.24. The van der Waals surface area contributed by atoms with Crippen LogP contribution in [0.15, 0.2) is 36.4 Å². The average Bonchev–Trinajstić information content (AvgIpc) is 2.40. The van der Waals surface area contributed by atoms with Crippen LogP contribution in [0.5, 0.6) is 0 Å². The van der Waals surface area contributed by atoms with E-state index in [1.807, 2.05) is 0 Å². The van der Waals surface area contributed by atoms with Gasteiger partial charge in [0.2, 0.25) is 0 Å². The molecule has 0 amide bonds. The molecule has 1 aromatic carbocycles. The van der Waals surface area contributed by atoms with Gasteiger partial charge < -0.3 is 5.32 Å². The third-order valence-electron chi connectivity index (χ3n) is 3.79. The van der Waals surface area contributed by atoms with Gasteiger partial charge in [0, 0.05) is 6.54 Å². The topological polar surface area (TPSA) is 12.0 Å². The van der Waals surface area contributed by atoms with Gasteiger partial charge in [-0.05, 0) is 48.8 Å². The largest absolute Gasteiger partial charge is 0.312 e. The average molecular weight is 243 g/mol. The van der Waals surface area contributed by atoms with Crippen molar-refractivity contribution in [3.05, 3.63) is 47.5 Å². The normalized spacial score (nSPS) is 19.4. The minimum Gasteiger partial charge on any atom is -0.312 e. The number of hydrogen-bond donors (Lipinski definition) is 1. The van der Waals surface area contributed by atoms with Crippen molar-refractivity contribution in [1.82, 2.24) is 5.32 Å². The fourth-order valence-corrected chi connectivity index (χ4v) is 2.48. The maximum atomic E-state index is 3.59. The van der Waals surface area contributed by atoms with Gasteiger partial charge in [0.15, 0.2) is 0 Å². The van der Waals surface area contributed by atoms with E-state index in [1.165, 1.54) is 30.4 Å². The van der Waals surface area contributed by atoms with E-state index in [2.05, 4.69) is 55.6 Å². The Morgan fingerprint density at radius 1 is 1.17 bits per heavy atom. The molecule has 0 aliphatic heterocycles. The van der Waals surface area contributed by atoms with E-state index in [9.17, 15) is 0 Å². The van der Waals surface area contributed by atoms with Crippen molar-refractivity contribution in [2.45, 2.75) is 45.6 Å². The zero-order chi connectivity index (χ0) is 12.8. The van der Waals surface area contributed by atoms with Gasteiger partial charge in [-0.2, -0.15) is 0 Å². The van der Waals surface area contributed by atoms with Crippen LogP contribution >= 0.6 is 0 Å². The summed E-state index contributed by atoms with van der Waals surface area (Å²) >= 11 is 0. The molecule has 0 saturated heterocycles. The Labute approximate surface area is 111 Å². The van der Waals surface area contributed by atoms with Crippen LogP contribution in [0.1, 0.15) is 50.2 Å². The summed E-state index contributed by atoms with van der Waals surface area (Å²) in [5.74, 6) is 1.46. The summed E-state index contributed by atoms with van der Waals surface area (Å²) in [4.78, 5) is 0. The van der Waals surface area contributed by atoms with Gasteiger partial charge in [0.05, 0.1) is 0 Å². The number of benzene rings is 1. The van der Waals surface area contributed by atoms with Crippen molar-refractivity contribution in [2.75, 3.05) is 6.54 Å². The molecule has 0 fully saturated rings. The number of allylic oxidation sites excluding steroid dienone is 2. The SMILES string of the molecule is CC(C)c1ccc(CNCC2CC=CCC2)cc1. The molecule has 0 spiro atoms. The molecule has 1 aromatic rings. The summed E-state index contributed by atoms with van der Waals surface area (Å²) in [5.41, 5.74) is 2.82. The lowest BCUT2D eigenvalue weighted by molar-refractivity contribution is 0.440. The molecule has 1 aliphatic carbocycles. The van der Waals surface area contributed by atoms with Crippen LogP contribution in [0.3, 0.4) is 0 Å². The predicted molar refractivity (Wildman–Crippen MR) is 78.7 cm³/mol. The highest BCUT2D eigenvalue weighted by Gasteiger charge is 2.08. The first-order valence-corrected chi connectivity index (χ1v) is 7.20. The molecule has 0 radical (unpaired) electrons. The second-order valence-electron chi connectivity index (χ2n) is 5.68. The van der Waals surface area contributed by atoms with E-state index in [-0.39, 0.29) is 0 Å². The first-order chi connectivity index (χ1) is 8.75. The first-order valence-electron chi connectivity index (χ1n) is 7.20. The summed E-state index contributed by atoms with van der Waals surface area (Å²) in [6.45, 7) is 6.63. The van der Waals surface area contributed by atoms with Gasteiger partial charge in [-0.25, -0.2) is 0 Å². The predicted octanol–water partition coefficient (Wildman–Crippen LogP) is 4.26. The van der Waals surface area contributed by atoms with Crippen molar-refractivity contribution in [1.29, 1.82) is 0 Å². The van der Waals surface area contributed by atoms with Crippen molar-refractivity contribution in [3.8, 4) is 0 Å². The summed E-state index contributed by atoms with van der Waals surface area (Å²) in [5, 5.41) is 3.59. The van der Waals surface area contributed by atoms with Gasteiger partial charge in [0.25, 0.3) is 0 Å². The molecule has 1 N–H and O–H groups in total. The lowest BCUT2D eigenvalue weighted by Gasteiger charge is -2.18. The fraction of sp³-hybridized carbons (Fsp3) is 0.529. The molecule has 1 aliphatic rings. The summed E-state index contributed by atoms with van der Waals surface area (Å²) in [6, 6.07) is 9.02. The van der Waals surface area contributed by atoms with Gasteiger partial charge >= 0.3 is 0 Å². The van der Waals surface area contributed by atoms with Crippen LogP contribution < -0.4 is 5.32 Å². The summed E-state index contributed by atoms with van der Waals surface area (Å²) < 4.78 is 0. The van der Waals surface area contributed by atoms with Gasteiger partial charge in [-0.1, -0.05) is 50.3 Å². The van der Waals surface area contributed by atoms with Crippen LogP contribution in [0.4, 0.5) is 0 Å². The number of nitrogens with one attached hydrogen (secondary N) is 1. The van der Waals surface area contributed by atoms with Crippen LogP contribution in [0.2, 0.25) is 0 Å². The molecule has 1 atom stereocenters. The molecule has 0 saturated carbocycles. The Bertz CT molecular complexity index is 375. The highest BCUT2D eigenvalue weighted by Crippen LogP contribution is 2.17. The maximum absolute atomic E-state index is 3.59. The first kappa shape index (κ1) is 13.4. The molecule has 2 rings (SSSR count). The van der Waals surface area contributed by atoms with Crippen LogP contribution in [-0.2, 0) is 6.54 Å². The van der Waals surface area contributed by atoms with Crippen molar-refractivity contribution in [2.24, 2.45) is 5.92 Å². The molecule has 1 unspecified atom stereocenters. The zero-order valence-electron chi connectivity index (χ0n) is 11.7. The van der Waals surface area contributed by atoms with Crippen LogP contribution in [0, 0.1) is 5.92 Å². The van der Waals surface area contributed by atoms with Crippen molar-refractivity contribution >= 4 is 0 Å². The Hall–Kier alpha value is -1.08. The molecule has 0 bridgehead atoms. The maximum Gasteiger partial charge on any atom is 0.0205 e. The zero-order valence-corrected chi connectivity index (χ0v) is 11.7. The Kier molecular flexibility index (Phi) is 5.00. The minimum absolute atomic E-state index is 0.626. The second-order valence-corrected chi connectivity index (χ2v) is 5.68. The lowest BCUT2D eigenvalue weighted by Crippen LogP contribution is -2.23. The quantitative estimate of drug-likeness (QED) is 0.762. The van der Waals surface area contributed by atoms with E-state index < -0.39 is 0 Å². The monoisotopic (exact) mass is 243 g/mol. The molecular weight excluding hydrogens is 218 g/mol.